The van der Waals surface area contributed by atoms with Gasteiger partial charge in [0, 0.05) is 50.2 Å². The normalized spacial score (nSPS) is 17.3. The van der Waals surface area contributed by atoms with Crippen molar-refractivity contribution in [3.63, 3.8) is 0 Å². The highest BCUT2D eigenvalue weighted by atomic mass is 32.1. The van der Waals surface area contributed by atoms with E-state index in [-0.39, 0.29) is 5.56 Å². The minimum atomic E-state index is 0.142. The molecular weight excluding hydrogens is 246 g/mol. The van der Waals surface area contributed by atoms with Crippen LogP contribution in [0.2, 0.25) is 0 Å². The van der Waals surface area contributed by atoms with Crippen LogP contribution in [0.25, 0.3) is 10.1 Å². The van der Waals surface area contributed by atoms with E-state index in [4.69, 9.17) is 0 Å². The Hall–Kier alpha value is -1.17. The molecule has 3 heterocycles. The molecule has 1 saturated heterocycles. The maximum atomic E-state index is 12.2. The summed E-state index contributed by atoms with van der Waals surface area (Å²) >= 11 is 1.62. The lowest BCUT2D eigenvalue weighted by atomic mass is 10.3. The van der Waals surface area contributed by atoms with E-state index in [9.17, 15) is 4.79 Å². The van der Waals surface area contributed by atoms with Crippen LogP contribution in [0.5, 0.6) is 0 Å². The number of thiophene rings is 1. The van der Waals surface area contributed by atoms with Crippen molar-refractivity contribution in [1.82, 2.24) is 14.8 Å². The number of nitrogens with one attached hydrogen (secondary N) is 1. The van der Waals surface area contributed by atoms with Crippen molar-refractivity contribution in [2.24, 2.45) is 0 Å². The van der Waals surface area contributed by atoms with Gasteiger partial charge in [0.25, 0.3) is 5.56 Å². The molecule has 0 aliphatic carbocycles. The molecule has 2 aromatic rings. The van der Waals surface area contributed by atoms with Gasteiger partial charge in [-0.2, -0.15) is 0 Å². The average molecular weight is 263 g/mol. The topological polar surface area (TPSA) is 37.3 Å². The van der Waals surface area contributed by atoms with Crippen molar-refractivity contribution in [3.05, 3.63) is 34.1 Å². The third kappa shape index (κ3) is 2.34. The summed E-state index contributed by atoms with van der Waals surface area (Å²) in [5.41, 5.74) is 0.142. The van der Waals surface area contributed by atoms with Gasteiger partial charge >= 0.3 is 0 Å². The third-order valence-corrected chi connectivity index (χ3v) is 4.34. The zero-order valence-electron chi connectivity index (χ0n) is 10.3. The summed E-state index contributed by atoms with van der Waals surface area (Å²) in [7, 11) is 0. The van der Waals surface area contributed by atoms with E-state index in [1.54, 1.807) is 11.3 Å². The molecular formula is C13H17N3OS. The highest BCUT2D eigenvalue weighted by molar-refractivity contribution is 7.17. The molecule has 2 aromatic heterocycles. The van der Waals surface area contributed by atoms with E-state index in [2.05, 4.69) is 10.2 Å². The molecule has 5 heteroatoms. The first-order chi connectivity index (χ1) is 8.84. The zero-order valence-corrected chi connectivity index (χ0v) is 11.1. The molecule has 0 unspecified atom stereocenters. The zero-order chi connectivity index (χ0) is 12.4. The van der Waals surface area contributed by atoms with Crippen molar-refractivity contribution in [3.8, 4) is 0 Å². The van der Waals surface area contributed by atoms with Crippen LogP contribution in [0.4, 0.5) is 0 Å². The van der Waals surface area contributed by atoms with Crippen molar-refractivity contribution in [2.75, 3.05) is 32.7 Å². The van der Waals surface area contributed by atoms with Crippen LogP contribution < -0.4 is 10.9 Å². The Kier molecular flexibility index (Phi) is 3.45. The van der Waals surface area contributed by atoms with Crippen molar-refractivity contribution in [1.29, 1.82) is 0 Å². The molecule has 0 bridgehead atoms. The number of rotatable bonds is 3. The number of hydrogen-bond acceptors (Lipinski definition) is 4. The molecule has 96 valence electrons. The Balaban J connectivity index is 1.74. The van der Waals surface area contributed by atoms with Gasteiger partial charge in [-0.15, -0.1) is 11.3 Å². The van der Waals surface area contributed by atoms with Crippen LogP contribution >= 0.6 is 11.3 Å². The molecule has 3 rings (SSSR count). The lowest BCUT2D eigenvalue weighted by Gasteiger charge is -2.27. The standard InChI is InChI=1S/C13H17N3OS/c17-13-11-2-10-18-12(11)1-5-16(13)9-8-15-6-3-14-4-7-15/h1-2,5,10,14H,3-4,6-9H2. The van der Waals surface area contributed by atoms with Gasteiger partial charge in [-0.1, -0.05) is 0 Å². The van der Waals surface area contributed by atoms with Gasteiger partial charge in [-0.3, -0.25) is 9.69 Å². The molecule has 0 aromatic carbocycles. The first-order valence-electron chi connectivity index (χ1n) is 6.34. The monoisotopic (exact) mass is 263 g/mol. The van der Waals surface area contributed by atoms with Gasteiger partial charge in [0.15, 0.2) is 0 Å². The van der Waals surface area contributed by atoms with Crippen molar-refractivity contribution >= 4 is 21.4 Å². The van der Waals surface area contributed by atoms with E-state index < -0.39 is 0 Å². The van der Waals surface area contributed by atoms with Crippen LogP contribution in [0.15, 0.2) is 28.5 Å². The number of aromatic nitrogens is 1. The quantitative estimate of drug-likeness (QED) is 0.896. The number of piperazine rings is 1. The van der Waals surface area contributed by atoms with E-state index >= 15 is 0 Å². The Morgan fingerprint density at radius 1 is 1.22 bits per heavy atom. The number of hydrogen-bond donors (Lipinski definition) is 1. The SMILES string of the molecule is O=c1c2ccsc2ccn1CCN1CCNCC1. The van der Waals surface area contributed by atoms with Gasteiger partial charge < -0.3 is 9.88 Å². The summed E-state index contributed by atoms with van der Waals surface area (Å²) in [5, 5.41) is 6.16. The molecule has 1 fully saturated rings. The van der Waals surface area contributed by atoms with Gasteiger partial charge in [0.2, 0.25) is 0 Å². The Bertz CT molecular complexity index is 583. The minimum Gasteiger partial charge on any atom is -0.314 e. The maximum absolute atomic E-state index is 12.2. The third-order valence-electron chi connectivity index (χ3n) is 3.46. The predicted octanol–water partition coefficient (Wildman–Crippen LogP) is 0.968. The van der Waals surface area contributed by atoms with Crippen LogP contribution in [-0.2, 0) is 6.54 Å². The van der Waals surface area contributed by atoms with E-state index in [1.165, 1.54) is 0 Å². The summed E-state index contributed by atoms with van der Waals surface area (Å²) in [6.45, 7) is 6.00. The average Bonchev–Trinajstić information content (AvgIpc) is 2.88. The predicted molar refractivity (Wildman–Crippen MR) is 75.4 cm³/mol. The molecule has 0 saturated carbocycles. The van der Waals surface area contributed by atoms with E-state index in [1.807, 2.05) is 28.3 Å². The second kappa shape index (κ2) is 5.22. The molecule has 4 nitrogen and oxygen atoms in total. The first-order valence-corrected chi connectivity index (χ1v) is 7.22. The number of pyridine rings is 1. The number of fused-ring (bicyclic) bond motifs is 1. The Morgan fingerprint density at radius 3 is 2.89 bits per heavy atom. The second-order valence-electron chi connectivity index (χ2n) is 4.60. The fourth-order valence-electron chi connectivity index (χ4n) is 2.37. The maximum Gasteiger partial charge on any atom is 0.259 e. The van der Waals surface area contributed by atoms with Crippen LogP contribution in [-0.4, -0.2) is 42.2 Å². The largest absolute Gasteiger partial charge is 0.314 e. The fraction of sp³-hybridized carbons (Fsp3) is 0.462. The molecule has 0 spiro atoms. The summed E-state index contributed by atoms with van der Waals surface area (Å²) in [6.07, 6.45) is 1.92. The number of nitrogens with zero attached hydrogens (tertiary/aromatic N) is 2. The summed E-state index contributed by atoms with van der Waals surface area (Å²) in [5.74, 6) is 0. The summed E-state index contributed by atoms with van der Waals surface area (Å²) in [6, 6.07) is 3.96. The second-order valence-corrected chi connectivity index (χ2v) is 5.55. The minimum absolute atomic E-state index is 0.142. The highest BCUT2D eigenvalue weighted by Gasteiger charge is 2.10. The van der Waals surface area contributed by atoms with E-state index in [0.29, 0.717) is 0 Å². The van der Waals surface area contributed by atoms with E-state index in [0.717, 1.165) is 49.4 Å². The molecule has 18 heavy (non-hydrogen) atoms. The summed E-state index contributed by atoms with van der Waals surface area (Å²) < 4.78 is 2.91. The van der Waals surface area contributed by atoms with Gasteiger partial charge in [-0.25, -0.2) is 0 Å². The Morgan fingerprint density at radius 2 is 2.06 bits per heavy atom. The fourth-order valence-corrected chi connectivity index (χ4v) is 3.14. The Labute approximate surface area is 110 Å². The summed E-state index contributed by atoms with van der Waals surface area (Å²) in [4.78, 5) is 14.6. The molecule has 0 radical (unpaired) electrons. The van der Waals surface area contributed by atoms with Gasteiger partial charge in [0.1, 0.15) is 0 Å². The van der Waals surface area contributed by atoms with Gasteiger partial charge in [-0.05, 0) is 17.5 Å². The van der Waals surface area contributed by atoms with Crippen molar-refractivity contribution < 1.29 is 0 Å². The highest BCUT2D eigenvalue weighted by Crippen LogP contribution is 2.16. The van der Waals surface area contributed by atoms with Crippen molar-refractivity contribution in [2.45, 2.75) is 6.54 Å². The molecule has 1 N–H and O–H groups in total. The molecule has 1 aliphatic heterocycles. The molecule has 1 aliphatic rings. The lowest BCUT2D eigenvalue weighted by molar-refractivity contribution is 0.232. The molecule has 0 atom stereocenters. The van der Waals surface area contributed by atoms with Crippen LogP contribution in [0.1, 0.15) is 0 Å². The lowest BCUT2D eigenvalue weighted by Crippen LogP contribution is -2.45. The van der Waals surface area contributed by atoms with Crippen LogP contribution in [0.3, 0.4) is 0 Å². The van der Waals surface area contributed by atoms with Crippen LogP contribution in [0, 0.1) is 0 Å². The smallest absolute Gasteiger partial charge is 0.259 e. The first kappa shape index (κ1) is 11.9. The molecule has 0 amide bonds. The van der Waals surface area contributed by atoms with Gasteiger partial charge in [0.05, 0.1) is 5.39 Å².